The van der Waals surface area contributed by atoms with Crippen LogP contribution in [0.5, 0.6) is 0 Å². The smallest absolute Gasteiger partial charge is 0.0966 e. The molecule has 3 atom stereocenters. The van der Waals surface area contributed by atoms with E-state index in [1.54, 1.807) is 7.11 Å². The van der Waals surface area contributed by atoms with E-state index >= 15 is 0 Å². The lowest BCUT2D eigenvalue weighted by Crippen LogP contribution is -2.15. The van der Waals surface area contributed by atoms with Gasteiger partial charge in [0.2, 0.25) is 0 Å². The molecule has 0 aromatic carbocycles. The Morgan fingerprint density at radius 1 is 1.25 bits per heavy atom. The van der Waals surface area contributed by atoms with Gasteiger partial charge in [-0.15, -0.1) is 11.3 Å². The molecule has 4 rings (SSSR count). The zero-order valence-corrected chi connectivity index (χ0v) is 13.0. The molecule has 3 aliphatic rings. The Labute approximate surface area is 125 Å². The molecule has 0 spiro atoms. The highest BCUT2D eigenvalue weighted by Crippen LogP contribution is 2.53. The minimum atomic E-state index is 0.666. The third-order valence-corrected chi connectivity index (χ3v) is 6.49. The summed E-state index contributed by atoms with van der Waals surface area (Å²) in [6.45, 7) is 1.65. The summed E-state index contributed by atoms with van der Waals surface area (Å²) >= 11 is 1.95. The largest absolute Gasteiger partial charge is 0.378 e. The Bertz CT molecular complexity index is 483. The van der Waals surface area contributed by atoms with Gasteiger partial charge in [0.1, 0.15) is 0 Å². The van der Waals surface area contributed by atoms with Crippen molar-refractivity contribution >= 4 is 11.3 Å². The molecule has 110 valence electrons. The zero-order valence-electron chi connectivity index (χ0n) is 12.2. The number of rotatable bonds is 6. The second kappa shape index (κ2) is 5.39. The summed E-state index contributed by atoms with van der Waals surface area (Å²) in [5.41, 5.74) is 1.18. The van der Waals surface area contributed by atoms with Crippen LogP contribution < -0.4 is 5.32 Å². The molecule has 0 saturated heterocycles. The molecule has 1 heterocycles. The van der Waals surface area contributed by atoms with Gasteiger partial charge in [0.05, 0.1) is 17.3 Å². The Kier molecular flexibility index (Phi) is 3.57. The van der Waals surface area contributed by atoms with Crippen LogP contribution in [0.1, 0.15) is 60.0 Å². The van der Waals surface area contributed by atoms with Crippen LogP contribution in [-0.4, -0.2) is 18.1 Å². The fourth-order valence-corrected chi connectivity index (χ4v) is 5.25. The van der Waals surface area contributed by atoms with E-state index in [2.05, 4.69) is 5.32 Å². The lowest BCUT2D eigenvalue weighted by molar-refractivity contribution is 0.181. The summed E-state index contributed by atoms with van der Waals surface area (Å²) in [7, 11) is 1.77. The van der Waals surface area contributed by atoms with Gasteiger partial charge in [-0.1, -0.05) is 6.42 Å². The monoisotopic (exact) mass is 292 g/mol. The number of hydrogen-bond acceptors (Lipinski definition) is 4. The van der Waals surface area contributed by atoms with Crippen molar-refractivity contribution in [2.75, 3.05) is 7.11 Å². The molecule has 0 amide bonds. The number of fused-ring (bicyclic) bond motifs is 2. The lowest BCUT2D eigenvalue weighted by atomic mass is 9.89. The summed E-state index contributed by atoms with van der Waals surface area (Å²) in [5, 5.41) is 5.02. The molecule has 1 aromatic rings. The SMILES string of the molecule is COCc1nc(C2CC3CCC2C3)sc1CNC1CC1. The first-order valence-electron chi connectivity index (χ1n) is 8.04. The van der Waals surface area contributed by atoms with E-state index in [0.29, 0.717) is 6.61 Å². The van der Waals surface area contributed by atoms with E-state index in [9.17, 15) is 0 Å². The van der Waals surface area contributed by atoms with Crippen molar-refractivity contribution in [3.63, 3.8) is 0 Å². The number of nitrogens with zero attached hydrogens (tertiary/aromatic N) is 1. The maximum Gasteiger partial charge on any atom is 0.0966 e. The highest BCUT2D eigenvalue weighted by Gasteiger charge is 2.41. The van der Waals surface area contributed by atoms with Gasteiger partial charge in [-0.3, -0.25) is 0 Å². The minimum absolute atomic E-state index is 0.666. The Hall–Kier alpha value is -0.450. The van der Waals surface area contributed by atoms with Gasteiger partial charge >= 0.3 is 0 Å². The van der Waals surface area contributed by atoms with Crippen LogP contribution in [0.15, 0.2) is 0 Å². The van der Waals surface area contributed by atoms with Gasteiger partial charge in [-0.05, 0) is 43.9 Å². The van der Waals surface area contributed by atoms with Crippen molar-refractivity contribution < 1.29 is 4.74 Å². The number of ether oxygens (including phenoxy) is 1. The Balaban J connectivity index is 1.51. The van der Waals surface area contributed by atoms with E-state index in [1.807, 2.05) is 11.3 Å². The highest BCUT2D eigenvalue weighted by molar-refractivity contribution is 7.11. The van der Waals surface area contributed by atoms with Crippen LogP contribution in [0.3, 0.4) is 0 Å². The van der Waals surface area contributed by atoms with Crippen LogP contribution >= 0.6 is 11.3 Å². The third kappa shape index (κ3) is 2.53. The van der Waals surface area contributed by atoms with E-state index in [0.717, 1.165) is 30.3 Å². The molecule has 4 heteroatoms. The first-order valence-corrected chi connectivity index (χ1v) is 8.86. The molecule has 3 nitrogen and oxygen atoms in total. The summed E-state index contributed by atoms with van der Waals surface area (Å²) < 4.78 is 5.35. The van der Waals surface area contributed by atoms with Crippen molar-refractivity contribution in [2.24, 2.45) is 11.8 Å². The summed E-state index contributed by atoms with van der Waals surface area (Å²) in [6.07, 6.45) is 8.44. The fourth-order valence-electron chi connectivity index (χ4n) is 4.02. The van der Waals surface area contributed by atoms with Crippen molar-refractivity contribution in [3.05, 3.63) is 15.6 Å². The van der Waals surface area contributed by atoms with Crippen LogP contribution in [0, 0.1) is 11.8 Å². The number of methoxy groups -OCH3 is 1. The average Bonchev–Trinajstić information content (AvgIpc) is 2.88. The molecule has 20 heavy (non-hydrogen) atoms. The van der Waals surface area contributed by atoms with Crippen LogP contribution in [0.25, 0.3) is 0 Å². The molecule has 1 aromatic heterocycles. The van der Waals surface area contributed by atoms with Crippen molar-refractivity contribution in [1.29, 1.82) is 0 Å². The highest BCUT2D eigenvalue weighted by atomic mass is 32.1. The third-order valence-electron chi connectivity index (χ3n) is 5.26. The topological polar surface area (TPSA) is 34.1 Å². The Morgan fingerprint density at radius 3 is 2.80 bits per heavy atom. The van der Waals surface area contributed by atoms with E-state index in [4.69, 9.17) is 9.72 Å². The van der Waals surface area contributed by atoms with Gasteiger partial charge < -0.3 is 10.1 Å². The van der Waals surface area contributed by atoms with Crippen molar-refractivity contribution in [1.82, 2.24) is 10.3 Å². The summed E-state index contributed by atoms with van der Waals surface area (Å²) in [4.78, 5) is 6.37. The van der Waals surface area contributed by atoms with Gasteiger partial charge in [-0.2, -0.15) is 0 Å². The maximum absolute atomic E-state index is 5.35. The minimum Gasteiger partial charge on any atom is -0.378 e. The van der Waals surface area contributed by atoms with Crippen LogP contribution in [0.2, 0.25) is 0 Å². The molecule has 3 saturated carbocycles. The molecular weight excluding hydrogens is 268 g/mol. The first kappa shape index (κ1) is 13.2. The van der Waals surface area contributed by atoms with E-state index in [1.165, 1.54) is 54.1 Å². The molecule has 0 aliphatic heterocycles. The zero-order chi connectivity index (χ0) is 13.5. The molecule has 3 fully saturated rings. The number of thiazole rings is 1. The Morgan fingerprint density at radius 2 is 2.15 bits per heavy atom. The standard InChI is InChI=1S/C16H24N2OS/c1-19-9-14-15(8-17-12-4-5-12)20-16(18-14)13-7-10-2-3-11(13)6-10/h10-13,17H,2-9H2,1H3. The van der Waals surface area contributed by atoms with E-state index < -0.39 is 0 Å². The first-order chi connectivity index (χ1) is 9.83. The molecule has 2 bridgehead atoms. The molecule has 3 unspecified atom stereocenters. The predicted molar refractivity (Wildman–Crippen MR) is 80.9 cm³/mol. The second-order valence-corrected chi connectivity index (χ2v) is 7.91. The van der Waals surface area contributed by atoms with E-state index in [-0.39, 0.29) is 0 Å². The number of nitrogens with one attached hydrogen (secondary N) is 1. The average molecular weight is 292 g/mol. The lowest BCUT2D eigenvalue weighted by Gasteiger charge is -2.18. The summed E-state index contributed by atoms with van der Waals surface area (Å²) in [5.74, 6) is 2.67. The van der Waals surface area contributed by atoms with Gasteiger partial charge in [0.25, 0.3) is 0 Å². The van der Waals surface area contributed by atoms with Crippen molar-refractivity contribution in [2.45, 2.75) is 63.6 Å². The molecular formula is C16H24N2OS. The number of hydrogen-bond donors (Lipinski definition) is 1. The maximum atomic E-state index is 5.35. The molecule has 1 N–H and O–H groups in total. The fraction of sp³-hybridized carbons (Fsp3) is 0.812. The predicted octanol–water partition coefficient (Wildman–Crippen LogP) is 3.45. The second-order valence-electron chi connectivity index (χ2n) is 6.79. The van der Waals surface area contributed by atoms with Crippen molar-refractivity contribution in [3.8, 4) is 0 Å². The summed E-state index contributed by atoms with van der Waals surface area (Å²) in [6, 6.07) is 0.762. The number of aromatic nitrogens is 1. The van der Waals surface area contributed by atoms with Crippen LogP contribution in [-0.2, 0) is 17.9 Å². The van der Waals surface area contributed by atoms with Gasteiger partial charge in [0, 0.05) is 30.5 Å². The molecule has 0 radical (unpaired) electrons. The molecule has 3 aliphatic carbocycles. The quantitative estimate of drug-likeness (QED) is 0.872. The normalized spacial score (nSPS) is 32.1. The van der Waals surface area contributed by atoms with Gasteiger partial charge in [-0.25, -0.2) is 4.98 Å². The van der Waals surface area contributed by atoms with Gasteiger partial charge in [0.15, 0.2) is 0 Å². The van der Waals surface area contributed by atoms with Crippen LogP contribution in [0.4, 0.5) is 0 Å².